The van der Waals surface area contributed by atoms with Crippen LogP contribution in [0.25, 0.3) is 0 Å². The fourth-order valence-corrected chi connectivity index (χ4v) is 3.92. The Kier molecular flexibility index (Phi) is 11.3. The summed E-state index contributed by atoms with van der Waals surface area (Å²) in [5.41, 5.74) is -0.0649. The molecule has 1 aromatic rings. The molecule has 0 fully saturated rings. The number of hydrogen-bond donors (Lipinski definition) is 1. The van der Waals surface area contributed by atoms with E-state index in [4.69, 9.17) is 14.2 Å². The molecule has 0 aliphatic carbocycles. The molecule has 0 saturated carbocycles. The second-order valence-electron chi connectivity index (χ2n) is 13.2. The molecule has 0 heterocycles. The summed E-state index contributed by atoms with van der Waals surface area (Å²) in [6.45, 7) is 21.2. The number of nitrogens with one attached hydrogen (secondary N) is 1. The second kappa shape index (κ2) is 12.9. The van der Waals surface area contributed by atoms with Gasteiger partial charge in [-0.3, -0.25) is 14.9 Å². The highest BCUT2D eigenvalue weighted by Crippen LogP contribution is 2.42. The molecule has 216 valence electrons. The quantitative estimate of drug-likeness (QED) is 0.169. The normalized spacial score (nSPS) is 14.1. The van der Waals surface area contributed by atoms with Gasteiger partial charge in [0.25, 0.3) is 0 Å². The second-order valence-corrected chi connectivity index (χ2v) is 13.2. The van der Waals surface area contributed by atoms with Crippen LogP contribution in [0.1, 0.15) is 100 Å². The number of rotatable bonds is 11. The van der Waals surface area contributed by atoms with E-state index in [1.807, 2.05) is 55.4 Å². The van der Waals surface area contributed by atoms with Gasteiger partial charge in [0.2, 0.25) is 0 Å². The van der Waals surface area contributed by atoms with Gasteiger partial charge >= 0.3 is 18.0 Å². The van der Waals surface area contributed by atoms with E-state index < -0.39 is 45.4 Å². The van der Waals surface area contributed by atoms with Crippen molar-refractivity contribution < 1.29 is 28.7 Å². The summed E-state index contributed by atoms with van der Waals surface area (Å²) in [5.74, 6) is -0.238. The van der Waals surface area contributed by atoms with Crippen LogP contribution in [-0.2, 0) is 25.2 Å². The van der Waals surface area contributed by atoms with E-state index in [2.05, 4.69) is 5.32 Å². The van der Waals surface area contributed by atoms with Crippen molar-refractivity contribution in [2.24, 2.45) is 5.92 Å². The van der Waals surface area contributed by atoms with E-state index in [0.29, 0.717) is 17.9 Å². The molecule has 1 aromatic carbocycles. The van der Waals surface area contributed by atoms with Crippen LogP contribution >= 0.6 is 0 Å². The molecular weight excluding hydrogens is 488 g/mol. The molecule has 0 amide bonds. The van der Waals surface area contributed by atoms with Crippen molar-refractivity contribution in [3.8, 4) is 11.5 Å². The molecule has 2 atom stereocenters. The molecule has 38 heavy (non-hydrogen) atoms. The molecular formula is C29H48N2O7. The molecule has 1 N–H and O–H groups in total. The number of esters is 2. The Morgan fingerprint density at radius 3 is 1.82 bits per heavy atom. The highest BCUT2D eigenvalue weighted by atomic mass is 16.6. The molecule has 9 heteroatoms. The number of hydrogen-bond acceptors (Lipinski definition) is 8. The van der Waals surface area contributed by atoms with E-state index in [0.717, 1.165) is 11.1 Å². The van der Waals surface area contributed by atoms with Crippen molar-refractivity contribution in [3.05, 3.63) is 33.4 Å². The third-order valence-electron chi connectivity index (χ3n) is 5.85. The number of carbonyl (C=O) groups is 2. The lowest BCUT2D eigenvalue weighted by molar-refractivity contribution is -0.510. The SMILES string of the molecule is COc1cc(C(C)(C)C)c(OC(=O)[C@H](CCN[C@@H](CC(C)C)C(=O)OC(C)(C)C)[N+](=O)[O-])c(C(C)(C)C)c1. The monoisotopic (exact) mass is 536 g/mol. The summed E-state index contributed by atoms with van der Waals surface area (Å²) in [4.78, 5) is 37.2. The summed E-state index contributed by atoms with van der Waals surface area (Å²) >= 11 is 0. The largest absolute Gasteiger partial charge is 0.497 e. The third kappa shape index (κ3) is 10.2. The van der Waals surface area contributed by atoms with Crippen molar-refractivity contribution in [3.63, 3.8) is 0 Å². The van der Waals surface area contributed by atoms with Crippen LogP contribution in [-0.4, -0.2) is 48.2 Å². The Hall–Kier alpha value is -2.68. The average molecular weight is 537 g/mol. The van der Waals surface area contributed by atoms with Crippen LogP contribution in [0.2, 0.25) is 0 Å². The lowest BCUT2D eigenvalue weighted by Gasteiger charge is -2.30. The van der Waals surface area contributed by atoms with Crippen LogP contribution < -0.4 is 14.8 Å². The Bertz CT molecular complexity index is 947. The van der Waals surface area contributed by atoms with Crippen molar-refractivity contribution in [2.45, 2.75) is 118 Å². The molecule has 0 spiro atoms. The minimum absolute atomic E-state index is 0.0677. The summed E-state index contributed by atoms with van der Waals surface area (Å²) in [7, 11) is 1.57. The predicted octanol–water partition coefficient (Wildman–Crippen LogP) is 5.58. The van der Waals surface area contributed by atoms with Crippen LogP contribution in [0, 0.1) is 16.0 Å². The first-order chi connectivity index (χ1) is 17.2. The minimum Gasteiger partial charge on any atom is -0.497 e. The minimum atomic E-state index is -1.61. The highest BCUT2D eigenvalue weighted by molar-refractivity contribution is 5.78. The van der Waals surface area contributed by atoms with Crippen LogP contribution in [0.4, 0.5) is 0 Å². The summed E-state index contributed by atoms with van der Waals surface area (Å²) in [6, 6.07) is 1.36. The molecule has 0 bridgehead atoms. The van der Waals surface area contributed by atoms with Gasteiger partial charge in [-0.1, -0.05) is 55.4 Å². The van der Waals surface area contributed by atoms with Crippen molar-refractivity contribution in [1.82, 2.24) is 5.32 Å². The number of ether oxygens (including phenoxy) is 3. The summed E-state index contributed by atoms with van der Waals surface area (Å²) < 4.78 is 16.8. The summed E-state index contributed by atoms with van der Waals surface area (Å²) in [5, 5.41) is 15.0. The predicted molar refractivity (Wildman–Crippen MR) is 149 cm³/mol. The van der Waals surface area contributed by atoms with Gasteiger partial charge in [-0.25, -0.2) is 4.79 Å². The van der Waals surface area contributed by atoms with Gasteiger partial charge in [-0.05, 0) is 56.1 Å². The number of benzene rings is 1. The lowest BCUT2D eigenvalue weighted by Crippen LogP contribution is -2.44. The Labute approximate surface area is 228 Å². The molecule has 0 unspecified atom stereocenters. The van der Waals surface area contributed by atoms with E-state index >= 15 is 0 Å². The zero-order valence-electron chi connectivity index (χ0n) is 25.3. The van der Waals surface area contributed by atoms with E-state index in [9.17, 15) is 19.7 Å². The fourth-order valence-electron chi connectivity index (χ4n) is 3.92. The summed E-state index contributed by atoms with van der Waals surface area (Å²) in [6.07, 6.45) is 0.354. The van der Waals surface area contributed by atoms with Gasteiger partial charge in [-0.2, -0.15) is 0 Å². The van der Waals surface area contributed by atoms with Crippen LogP contribution in [0.3, 0.4) is 0 Å². The molecule has 0 aliphatic heterocycles. The molecule has 9 nitrogen and oxygen atoms in total. The van der Waals surface area contributed by atoms with Crippen LogP contribution in [0.5, 0.6) is 11.5 Å². The van der Waals surface area contributed by atoms with E-state index in [1.165, 1.54) is 0 Å². The molecule has 1 rings (SSSR count). The standard InChI is InChI=1S/C29H48N2O7/c1-18(2)15-22(25(32)38-29(9,10)11)30-14-13-23(31(34)35)26(33)37-24-20(27(3,4)5)16-19(36-12)17-21(24)28(6,7)8/h16-18,22-23,30H,13-15H2,1-12H3/t22-,23-/m0/s1. The Balaban J connectivity index is 3.23. The lowest BCUT2D eigenvalue weighted by atomic mass is 9.79. The smallest absolute Gasteiger partial charge is 0.387 e. The molecule has 0 saturated heterocycles. The van der Waals surface area contributed by atoms with Gasteiger partial charge in [0.05, 0.1) is 7.11 Å². The van der Waals surface area contributed by atoms with Gasteiger partial charge in [0.1, 0.15) is 23.1 Å². The molecule has 0 aliphatic rings. The zero-order valence-corrected chi connectivity index (χ0v) is 25.3. The fraction of sp³-hybridized carbons (Fsp3) is 0.724. The number of carbonyl (C=O) groups excluding carboxylic acids is 2. The zero-order chi connectivity index (χ0) is 29.6. The number of nitro groups is 1. The van der Waals surface area contributed by atoms with Gasteiger partial charge in [-0.15, -0.1) is 0 Å². The Morgan fingerprint density at radius 2 is 1.45 bits per heavy atom. The van der Waals surface area contributed by atoms with E-state index in [1.54, 1.807) is 40.0 Å². The van der Waals surface area contributed by atoms with E-state index in [-0.39, 0.29) is 18.9 Å². The first-order valence-corrected chi connectivity index (χ1v) is 13.2. The van der Waals surface area contributed by atoms with Crippen molar-refractivity contribution in [2.75, 3.05) is 13.7 Å². The third-order valence-corrected chi connectivity index (χ3v) is 5.85. The van der Waals surface area contributed by atoms with Crippen LogP contribution in [0.15, 0.2) is 12.1 Å². The first-order valence-electron chi connectivity index (χ1n) is 13.2. The van der Waals surface area contributed by atoms with Gasteiger partial charge in [0, 0.05) is 29.0 Å². The number of nitrogens with zero attached hydrogens (tertiary/aromatic N) is 1. The molecule has 0 radical (unpaired) electrons. The maximum absolute atomic E-state index is 13.2. The maximum atomic E-state index is 13.2. The topological polar surface area (TPSA) is 117 Å². The number of methoxy groups -OCH3 is 1. The van der Waals surface area contributed by atoms with Gasteiger partial charge < -0.3 is 19.5 Å². The Morgan fingerprint density at radius 1 is 0.947 bits per heavy atom. The maximum Gasteiger partial charge on any atom is 0.387 e. The first kappa shape index (κ1) is 33.3. The highest BCUT2D eigenvalue weighted by Gasteiger charge is 2.36. The van der Waals surface area contributed by atoms with Crippen molar-refractivity contribution >= 4 is 11.9 Å². The van der Waals surface area contributed by atoms with Gasteiger partial charge in [0.15, 0.2) is 0 Å². The van der Waals surface area contributed by atoms with Crippen molar-refractivity contribution in [1.29, 1.82) is 0 Å². The molecule has 0 aromatic heterocycles. The average Bonchev–Trinajstić information content (AvgIpc) is 2.72.